The number of nitrogens with zero attached hydrogens (tertiary/aromatic N) is 2. The molecule has 0 spiro atoms. The monoisotopic (exact) mass is 573 g/mol. The van der Waals surface area contributed by atoms with E-state index in [9.17, 15) is 18.0 Å². The Hall–Kier alpha value is -2.91. The van der Waals surface area contributed by atoms with Crippen LogP contribution in [-0.4, -0.2) is 55.6 Å². The van der Waals surface area contributed by atoms with Crippen LogP contribution in [0, 0.1) is 0 Å². The quantitative estimate of drug-likeness (QED) is 0.368. The standard InChI is InChI=1S/C28H29Cl2N3O4S/c29-23-10-13-25(30)26(19-23)38(36,37)33(17-14-21-6-2-1-3-7-21)20-27(34)31-24-11-8-22(9-12-24)18-28(35)32-15-4-5-16-32/h1-3,6-13,19H,4-5,14-18,20H2,(H,31,34). The lowest BCUT2D eigenvalue weighted by atomic mass is 10.1. The molecule has 0 atom stereocenters. The summed E-state index contributed by atoms with van der Waals surface area (Å²) in [5, 5.41) is 3.01. The summed E-state index contributed by atoms with van der Waals surface area (Å²) in [6.07, 6.45) is 2.79. The fourth-order valence-electron chi connectivity index (χ4n) is 4.32. The number of halogens is 2. The van der Waals surface area contributed by atoms with Gasteiger partial charge in [0.25, 0.3) is 0 Å². The number of hydrogen-bond donors (Lipinski definition) is 1. The molecular weight excluding hydrogens is 545 g/mol. The van der Waals surface area contributed by atoms with Gasteiger partial charge in [0.1, 0.15) is 4.90 Å². The van der Waals surface area contributed by atoms with Crippen molar-refractivity contribution in [1.29, 1.82) is 0 Å². The molecule has 38 heavy (non-hydrogen) atoms. The first-order valence-electron chi connectivity index (χ1n) is 12.4. The van der Waals surface area contributed by atoms with Crippen molar-refractivity contribution in [2.45, 2.75) is 30.6 Å². The number of carbonyl (C=O) groups is 2. The van der Waals surface area contributed by atoms with Crippen LogP contribution in [0.3, 0.4) is 0 Å². The fraction of sp³-hybridized carbons (Fsp3) is 0.286. The molecule has 0 radical (unpaired) electrons. The smallest absolute Gasteiger partial charge is 0.245 e. The predicted octanol–water partition coefficient (Wildman–Crippen LogP) is 5.03. The summed E-state index contributed by atoms with van der Waals surface area (Å²) in [7, 11) is -4.13. The normalized spacial score (nSPS) is 13.6. The van der Waals surface area contributed by atoms with E-state index >= 15 is 0 Å². The maximum Gasteiger partial charge on any atom is 0.245 e. The zero-order chi connectivity index (χ0) is 27.1. The number of anilines is 1. The summed E-state index contributed by atoms with van der Waals surface area (Å²) < 4.78 is 28.2. The van der Waals surface area contributed by atoms with Crippen LogP contribution in [0.4, 0.5) is 5.69 Å². The Balaban J connectivity index is 1.45. The van der Waals surface area contributed by atoms with Gasteiger partial charge in [-0.15, -0.1) is 0 Å². The molecule has 1 aliphatic rings. The maximum absolute atomic E-state index is 13.5. The molecule has 3 aromatic carbocycles. The molecule has 2 amide bonds. The fourth-order valence-corrected chi connectivity index (χ4v) is 6.45. The van der Waals surface area contributed by atoms with Crippen LogP contribution in [0.1, 0.15) is 24.0 Å². The van der Waals surface area contributed by atoms with E-state index < -0.39 is 22.5 Å². The van der Waals surface area contributed by atoms with Gasteiger partial charge in [0.15, 0.2) is 0 Å². The lowest BCUT2D eigenvalue weighted by Crippen LogP contribution is -2.39. The highest BCUT2D eigenvalue weighted by Crippen LogP contribution is 2.28. The first-order valence-corrected chi connectivity index (χ1v) is 14.6. The number of carbonyl (C=O) groups excluding carboxylic acids is 2. The Bertz CT molecular complexity index is 1380. The highest BCUT2D eigenvalue weighted by molar-refractivity contribution is 7.89. The molecular formula is C28H29Cl2N3O4S. The molecule has 0 aliphatic carbocycles. The van der Waals surface area contributed by atoms with Gasteiger partial charge in [-0.2, -0.15) is 4.31 Å². The van der Waals surface area contributed by atoms with Crippen LogP contribution >= 0.6 is 23.2 Å². The first kappa shape index (κ1) is 28.1. The SMILES string of the molecule is O=C(CN(CCc1ccccc1)S(=O)(=O)c1cc(Cl)ccc1Cl)Nc1ccc(CC(=O)N2CCCC2)cc1. The minimum absolute atomic E-state index is 0.0265. The number of benzene rings is 3. The third-order valence-electron chi connectivity index (χ3n) is 6.38. The molecule has 1 aliphatic heterocycles. The molecule has 1 heterocycles. The topological polar surface area (TPSA) is 86.8 Å². The average molecular weight is 575 g/mol. The Morgan fingerprint density at radius 1 is 0.895 bits per heavy atom. The van der Waals surface area contributed by atoms with Gasteiger partial charge < -0.3 is 10.2 Å². The van der Waals surface area contributed by atoms with Crippen molar-refractivity contribution in [2.75, 3.05) is 31.5 Å². The van der Waals surface area contributed by atoms with Crippen LogP contribution in [0.15, 0.2) is 77.7 Å². The molecule has 1 fully saturated rings. The summed E-state index contributed by atoms with van der Waals surface area (Å²) in [5.41, 5.74) is 2.29. The van der Waals surface area contributed by atoms with Gasteiger partial charge >= 0.3 is 0 Å². The second-order valence-electron chi connectivity index (χ2n) is 9.16. The molecule has 0 aromatic heterocycles. The lowest BCUT2D eigenvalue weighted by Gasteiger charge is -2.22. The van der Waals surface area contributed by atoms with Gasteiger partial charge in [0.2, 0.25) is 21.8 Å². The van der Waals surface area contributed by atoms with Gasteiger partial charge in [-0.05, 0) is 60.7 Å². The minimum atomic E-state index is -4.13. The number of amides is 2. The number of likely N-dealkylation sites (tertiary alicyclic amines) is 1. The van der Waals surface area contributed by atoms with E-state index in [1.165, 1.54) is 18.2 Å². The number of sulfonamides is 1. The van der Waals surface area contributed by atoms with E-state index in [0.29, 0.717) is 18.5 Å². The zero-order valence-corrected chi connectivity index (χ0v) is 23.1. The third kappa shape index (κ3) is 7.35. The summed E-state index contributed by atoms with van der Waals surface area (Å²) >= 11 is 12.3. The van der Waals surface area contributed by atoms with Crippen LogP contribution in [0.5, 0.6) is 0 Å². The van der Waals surface area contributed by atoms with E-state index in [1.54, 1.807) is 24.3 Å². The van der Waals surface area contributed by atoms with Gasteiger partial charge in [0.05, 0.1) is 18.0 Å². The van der Waals surface area contributed by atoms with E-state index in [1.807, 2.05) is 35.2 Å². The molecule has 0 saturated carbocycles. The summed E-state index contributed by atoms with van der Waals surface area (Å²) in [5.74, 6) is -0.404. The van der Waals surface area contributed by atoms with Crippen LogP contribution in [0.2, 0.25) is 10.0 Å². The zero-order valence-electron chi connectivity index (χ0n) is 20.8. The van der Waals surface area contributed by atoms with Crippen molar-refractivity contribution < 1.29 is 18.0 Å². The molecule has 3 aromatic rings. The third-order valence-corrected chi connectivity index (χ3v) is 8.94. The summed E-state index contributed by atoms with van der Waals surface area (Å²) in [6.45, 7) is 1.27. The Labute approximate surface area is 233 Å². The molecule has 0 unspecified atom stereocenters. The lowest BCUT2D eigenvalue weighted by molar-refractivity contribution is -0.129. The molecule has 1 N–H and O–H groups in total. The molecule has 7 nitrogen and oxygen atoms in total. The van der Waals surface area contributed by atoms with Gasteiger partial charge in [-0.25, -0.2) is 8.42 Å². The second-order valence-corrected chi connectivity index (χ2v) is 11.9. The van der Waals surface area contributed by atoms with E-state index in [2.05, 4.69) is 5.32 Å². The van der Waals surface area contributed by atoms with Gasteiger partial charge in [0, 0.05) is 30.3 Å². The molecule has 200 valence electrons. The predicted molar refractivity (Wildman–Crippen MR) is 150 cm³/mol. The Morgan fingerprint density at radius 2 is 1.58 bits per heavy atom. The highest BCUT2D eigenvalue weighted by atomic mass is 35.5. The Kier molecular flexibility index (Phi) is 9.44. The second kappa shape index (κ2) is 12.8. The van der Waals surface area contributed by atoms with Gasteiger partial charge in [-0.3, -0.25) is 9.59 Å². The maximum atomic E-state index is 13.5. The molecule has 4 rings (SSSR count). The van der Waals surface area contributed by atoms with E-state index in [4.69, 9.17) is 23.2 Å². The van der Waals surface area contributed by atoms with Crippen molar-refractivity contribution >= 4 is 50.7 Å². The summed E-state index contributed by atoms with van der Waals surface area (Å²) in [6, 6.07) is 20.6. The minimum Gasteiger partial charge on any atom is -0.342 e. The number of hydrogen-bond acceptors (Lipinski definition) is 4. The molecule has 10 heteroatoms. The van der Waals surface area contributed by atoms with Crippen molar-refractivity contribution in [3.8, 4) is 0 Å². The van der Waals surface area contributed by atoms with Crippen molar-refractivity contribution in [3.05, 3.63) is 94.0 Å². The van der Waals surface area contributed by atoms with Crippen LogP contribution < -0.4 is 5.32 Å². The van der Waals surface area contributed by atoms with Crippen molar-refractivity contribution in [3.63, 3.8) is 0 Å². The average Bonchev–Trinajstić information content (AvgIpc) is 3.45. The summed E-state index contributed by atoms with van der Waals surface area (Å²) in [4.78, 5) is 27.1. The molecule has 1 saturated heterocycles. The Morgan fingerprint density at radius 3 is 2.26 bits per heavy atom. The highest BCUT2D eigenvalue weighted by Gasteiger charge is 2.29. The van der Waals surface area contributed by atoms with Crippen molar-refractivity contribution in [2.24, 2.45) is 0 Å². The van der Waals surface area contributed by atoms with E-state index in [0.717, 1.165) is 41.4 Å². The first-order chi connectivity index (χ1) is 18.2. The number of rotatable bonds is 10. The van der Waals surface area contributed by atoms with Gasteiger partial charge in [-0.1, -0.05) is 65.7 Å². The van der Waals surface area contributed by atoms with Crippen LogP contribution in [0.25, 0.3) is 0 Å². The largest absolute Gasteiger partial charge is 0.342 e. The van der Waals surface area contributed by atoms with Crippen LogP contribution in [-0.2, 0) is 32.5 Å². The number of nitrogens with one attached hydrogen (secondary N) is 1. The molecule has 0 bridgehead atoms. The van der Waals surface area contributed by atoms with E-state index in [-0.39, 0.29) is 27.4 Å². The van der Waals surface area contributed by atoms with Crippen molar-refractivity contribution in [1.82, 2.24) is 9.21 Å².